The maximum atomic E-state index is 12.3. The molecule has 1 aromatic carbocycles. The van der Waals surface area contributed by atoms with Crippen molar-refractivity contribution in [2.24, 2.45) is 5.92 Å². The first-order valence-electron chi connectivity index (χ1n) is 9.16. The molecule has 1 aliphatic heterocycles. The van der Waals surface area contributed by atoms with Crippen LogP contribution in [0.2, 0.25) is 0 Å². The average Bonchev–Trinajstić information content (AvgIpc) is 2.69. The van der Waals surface area contributed by atoms with Gasteiger partial charge >= 0.3 is 0 Å². The zero-order valence-corrected chi connectivity index (χ0v) is 15.4. The monoisotopic (exact) mass is 354 g/mol. The molecule has 0 saturated carbocycles. The highest BCUT2D eigenvalue weighted by molar-refractivity contribution is 5.92. The fraction of sp³-hybridized carbons (Fsp3) is 0.450. The smallest absolute Gasteiger partial charge is 0.271 e. The summed E-state index contributed by atoms with van der Waals surface area (Å²) in [5.74, 6) is 2.25. The first-order valence-corrected chi connectivity index (χ1v) is 9.16. The number of amides is 1. The van der Waals surface area contributed by atoms with E-state index in [1.165, 1.54) is 12.8 Å². The largest absolute Gasteiger partial charge is 0.496 e. The molecule has 2 heterocycles. The van der Waals surface area contributed by atoms with Crippen LogP contribution in [-0.4, -0.2) is 42.8 Å². The third-order valence-electron chi connectivity index (χ3n) is 4.86. The Morgan fingerprint density at radius 3 is 2.65 bits per heavy atom. The minimum atomic E-state index is -0.203. The van der Waals surface area contributed by atoms with Crippen LogP contribution < -0.4 is 15.0 Å². The molecule has 1 aromatic heterocycles. The lowest BCUT2D eigenvalue weighted by molar-refractivity contribution is 0.0948. The van der Waals surface area contributed by atoms with E-state index in [2.05, 4.69) is 27.3 Å². The topological polar surface area (TPSA) is 67.3 Å². The van der Waals surface area contributed by atoms with Crippen LogP contribution in [0.15, 0.2) is 36.4 Å². The third kappa shape index (κ3) is 4.50. The lowest BCUT2D eigenvalue weighted by Gasteiger charge is -2.30. The van der Waals surface area contributed by atoms with Crippen molar-refractivity contribution in [2.45, 2.75) is 26.2 Å². The molecular formula is C20H26N4O2. The number of ether oxygens (including phenoxy) is 1. The molecule has 6 nitrogen and oxygen atoms in total. The Bertz CT molecular complexity index is 725. The Labute approximate surface area is 154 Å². The van der Waals surface area contributed by atoms with Crippen LogP contribution in [0.3, 0.4) is 0 Å². The van der Waals surface area contributed by atoms with Gasteiger partial charge in [0.15, 0.2) is 11.5 Å². The number of para-hydroxylation sites is 1. The van der Waals surface area contributed by atoms with E-state index in [0.29, 0.717) is 18.7 Å². The second kappa shape index (κ2) is 8.65. The number of nitrogens with zero attached hydrogens (tertiary/aromatic N) is 3. The zero-order valence-electron chi connectivity index (χ0n) is 15.4. The summed E-state index contributed by atoms with van der Waals surface area (Å²) in [6.45, 7) is 4.80. The quantitative estimate of drug-likeness (QED) is 0.864. The lowest BCUT2D eigenvalue weighted by atomic mass is 9.99. The molecule has 1 aliphatic rings. The van der Waals surface area contributed by atoms with Gasteiger partial charge in [-0.15, -0.1) is 10.2 Å². The number of piperidine rings is 1. The molecule has 1 fully saturated rings. The average molecular weight is 354 g/mol. The van der Waals surface area contributed by atoms with Crippen molar-refractivity contribution >= 4 is 11.7 Å². The summed E-state index contributed by atoms with van der Waals surface area (Å²) in [6, 6.07) is 11.4. The van der Waals surface area contributed by atoms with Crippen molar-refractivity contribution < 1.29 is 9.53 Å². The highest BCUT2D eigenvalue weighted by atomic mass is 16.5. The fourth-order valence-corrected chi connectivity index (χ4v) is 3.16. The standard InChI is InChI=1S/C20H26N4O2/c1-15-10-13-24(14-11-15)19-8-7-17(22-23-19)20(25)21-12-9-16-5-3-4-6-18(16)26-2/h3-8,15H,9-14H2,1-2H3,(H,21,25). The number of aromatic nitrogens is 2. The van der Waals surface area contributed by atoms with Crippen molar-refractivity contribution in [2.75, 3.05) is 31.6 Å². The van der Waals surface area contributed by atoms with Crippen molar-refractivity contribution in [1.82, 2.24) is 15.5 Å². The van der Waals surface area contributed by atoms with Crippen LogP contribution in [-0.2, 0) is 6.42 Å². The van der Waals surface area contributed by atoms with Gasteiger partial charge in [-0.05, 0) is 48.9 Å². The molecule has 2 aromatic rings. The summed E-state index contributed by atoms with van der Waals surface area (Å²) in [6.07, 6.45) is 3.05. The zero-order chi connectivity index (χ0) is 18.4. The Morgan fingerprint density at radius 2 is 1.96 bits per heavy atom. The van der Waals surface area contributed by atoms with Gasteiger partial charge in [-0.3, -0.25) is 4.79 Å². The molecule has 0 bridgehead atoms. The predicted octanol–water partition coefficient (Wildman–Crippen LogP) is 2.69. The van der Waals surface area contributed by atoms with E-state index in [4.69, 9.17) is 4.74 Å². The Kier molecular flexibility index (Phi) is 6.04. The summed E-state index contributed by atoms with van der Waals surface area (Å²) in [7, 11) is 1.65. The van der Waals surface area contributed by atoms with E-state index in [9.17, 15) is 4.79 Å². The second-order valence-corrected chi connectivity index (χ2v) is 6.76. The molecule has 0 spiro atoms. The summed E-state index contributed by atoms with van der Waals surface area (Å²) >= 11 is 0. The maximum Gasteiger partial charge on any atom is 0.271 e. The highest BCUT2D eigenvalue weighted by Gasteiger charge is 2.18. The second-order valence-electron chi connectivity index (χ2n) is 6.76. The molecule has 0 aliphatic carbocycles. The number of hydrogen-bond acceptors (Lipinski definition) is 5. The van der Waals surface area contributed by atoms with Gasteiger partial charge in [0, 0.05) is 19.6 Å². The van der Waals surface area contributed by atoms with Gasteiger partial charge in [0.2, 0.25) is 0 Å². The van der Waals surface area contributed by atoms with Gasteiger partial charge in [0.25, 0.3) is 5.91 Å². The SMILES string of the molecule is COc1ccccc1CCNC(=O)c1ccc(N2CCC(C)CC2)nn1. The maximum absolute atomic E-state index is 12.3. The molecule has 1 N–H and O–H groups in total. The van der Waals surface area contributed by atoms with Crippen LogP contribution in [0, 0.1) is 5.92 Å². The normalized spacial score (nSPS) is 14.9. The van der Waals surface area contributed by atoms with E-state index in [1.54, 1.807) is 13.2 Å². The first-order chi connectivity index (χ1) is 12.7. The van der Waals surface area contributed by atoms with E-state index in [1.807, 2.05) is 30.3 Å². The molecule has 1 saturated heterocycles. The first kappa shape index (κ1) is 18.2. The molecule has 0 radical (unpaired) electrons. The van der Waals surface area contributed by atoms with Crippen LogP contribution in [0.25, 0.3) is 0 Å². The lowest BCUT2D eigenvalue weighted by Crippen LogP contribution is -2.34. The number of carbonyl (C=O) groups is 1. The van der Waals surface area contributed by atoms with E-state index in [0.717, 1.165) is 36.1 Å². The van der Waals surface area contributed by atoms with Crippen molar-refractivity contribution in [1.29, 1.82) is 0 Å². The summed E-state index contributed by atoms with van der Waals surface area (Å²) in [5.41, 5.74) is 1.41. The number of hydrogen-bond donors (Lipinski definition) is 1. The van der Waals surface area contributed by atoms with Crippen molar-refractivity contribution in [3.8, 4) is 5.75 Å². The summed E-state index contributed by atoms with van der Waals surface area (Å²) in [5, 5.41) is 11.2. The van der Waals surface area contributed by atoms with Crippen molar-refractivity contribution in [3.63, 3.8) is 0 Å². The van der Waals surface area contributed by atoms with Gasteiger partial charge in [-0.1, -0.05) is 25.1 Å². The number of anilines is 1. The molecule has 1 amide bonds. The number of nitrogens with one attached hydrogen (secondary N) is 1. The van der Waals surface area contributed by atoms with Gasteiger partial charge in [0.1, 0.15) is 5.75 Å². The van der Waals surface area contributed by atoms with Gasteiger partial charge in [0.05, 0.1) is 7.11 Å². The number of rotatable bonds is 6. The Hall–Kier alpha value is -2.63. The Morgan fingerprint density at radius 1 is 1.19 bits per heavy atom. The Balaban J connectivity index is 1.52. The van der Waals surface area contributed by atoms with Gasteiger partial charge in [-0.25, -0.2) is 0 Å². The molecule has 0 atom stereocenters. The van der Waals surface area contributed by atoms with Gasteiger partial charge in [-0.2, -0.15) is 0 Å². The molecule has 3 rings (SSSR count). The van der Waals surface area contributed by atoms with Crippen LogP contribution in [0.4, 0.5) is 5.82 Å². The number of methoxy groups -OCH3 is 1. The third-order valence-corrected chi connectivity index (χ3v) is 4.86. The van der Waals surface area contributed by atoms with E-state index in [-0.39, 0.29) is 5.91 Å². The minimum absolute atomic E-state index is 0.203. The van der Waals surface area contributed by atoms with Crippen LogP contribution >= 0.6 is 0 Å². The molecular weight excluding hydrogens is 328 g/mol. The highest BCUT2D eigenvalue weighted by Crippen LogP contribution is 2.20. The molecule has 0 unspecified atom stereocenters. The summed E-state index contributed by atoms with van der Waals surface area (Å²) in [4.78, 5) is 14.5. The van der Waals surface area contributed by atoms with Crippen LogP contribution in [0.5, 0.6) is 5.75 Å². The van der Waals surface area contributed by atoms with Gasteiger partial charge < -0.3 is 15.0 Å². The summed E-state index contributed by atoms with van der Waals surface area (Å²) < 4.78 is 5.33. The molecule has 6 heteroatoms. The fourth-order valence-electron chi connectivity index (χ4n) is 3.16. The molecule has 26 heavy (non-hydrogen) atoms. The van der Waals surface area contributed by atoms with E-state index >= 15 is 0 Å². The number of benzene rings is 1. The number of carbonyl (C=O) groups excluding carboxylic acids is 1. The van der Waals surface area contributed by atoms with E-state index < -0.39 is 0 Å². The minimum Gasteiger partial charge on any atom is -0.496 e. The molecule has 138 valence electrons. The van der Waals surface area contributed by atoms with Crippen LogP contribution in [0.1, 0.15) is 35.8 Å². The van der Waals surface area contributed by atoms with Crippen molar-refractivity contribution in [3.05, 3.63) is 47.7 Å². The predicted molar refractivity (Wildman–Crippen MR) is 102 cm³/mol.